The van der Waals surface area contributed by atoms with Gasteiger partial charge in [0, 0.05) is 11.6 Å². The normalized spacial score (nSPS) is 11.6. The van der Waals surface area contributed by atoms with Gasteiger partial charge < -0.3 is 5.73 Å². The van der Waals surface area contributed by atoms with Crippen molar-refractivity contribution >= 4 is 32.6 Å². The Bertz CT molecular complexity index is 1420. The van der Waals surface area contributed by atoms with Crippen LogP contribution in [0.15, 0.2) is 59.6 Å². The molecule has 0 aliphatic rings. The van der Waals surface area contributed by atoms with E-state index in [9.17, 15) is 17.2 Å². The van der Waals surface area contributed by atoms with E-state index in [2.05, 4.69) is 14.7 Å². The van der Waals surface area contributed by atoms with Gasteiger partial charge >= 0.3 is 0 Å². The number of aromatic nitrogens is 2. The average molecular weight is 444 g/mol. The number of anilines is 2. The Morgan fingerprint density at radius 2 is 1.77 bits per heavy atom. The number of nitrogens with one attached hydrogen (secondary N) is 1. The van der Waals surface area contributed by atoms with Crippen LogP contribution >= 0.6 is 0 Å². The molecule has 0 atom stereocenters. The summed E-state index contributed by atoms with van der Waals surface area (Å²) in [6.45, 7) is 1.52. The molecule has 158 valence electrons. The first kappa shape index (κ1) is 20.6. The zero-order valence-corrected chi connectivity index (χ0v) is 16.8. The molecule has 3 N–H and O–H groups in total. The van der Waals surface area contributed by atoms with E-state index in [0.717, 1.165) is 24.3 Å². The number of sulfonamides is 1. The summed E-state index contributed by atoms with van der Waals surface area (Å²) in [5.74, 6) is -2.70. The number of hydrogen-bond donors (Lipinski definition) is 2. The molecule has 0 aliphatic heterocycles. The van der Waals surface area contributed by atoms with Crippen LogP contribution in [0.4, 0.5) is 24.8 Å². The van der Waals surface area contributed by atoms with Crippen molar-refractivity contribution in [3.8, 4) is 11.1 Å². The van der Waals surface area contributed by atoms with Gasteiger partial charge in [0.05, 0.1) is 21.7 Å². The highest BCUT2D eigenvalue weighted by Gasteiger charge is 2.22. The van der Waals surface area contributed by atoms with E-state index >= 15 is 4.39 Å². The van der Waals surface area contributed by atoms with Crippen LogP contribution in [0.1, 0.15) is 5.56 Å². The number of aryl methyl sites for hydroxylation is 1. The lowest BCUT2D eigenvalue weighted by atomic mass is 10.0. The largest absolute Gasteiger partial charge is 0.368 e. The number of halogens is 3. The SMILES string of the molecule is Cc1cc(F)cc(S(=O)(=O)Nc2ccc(F)c(-c3ccc4nc(N)ncc4c3)c2F)c1. The van der Waals surface area contributed by atoms with E-state index in [0.29, 0.717) is 16.5 Å². The van der Waals surface area contributed by atoms with Crippen molar-refractivity contribution in [2.75, 3.05) is 10.5 Å². The van der Waals surface area contributed by atoms with E-state index in [4.69, 9.17) is 5.73 Å². The summed E-state index contributed by atoms with van der Waals surface area (Å²) in [7, 11) is -4.32. The first-order valence-corrected chi connectivity index (χ1v) is 10.4. The predicted octanol–water partition coefficient (Wildman–Crippen LogP) is 4.41. The zero-order valence-electron chi connectivity index (χ0n) is 16.0. The Kier molecular flexibility index (Phi) is 5.02. The Balaban J connectivity index is 1.78. The predicted molar refractivity (Wildman–Crippen MR) is 111 cm³/mol. The molecule has 0 saturated heterocycles. The van der Waals surface area contributed by atoms with Gasteiger partial charge in [-0.25, -0.2) is 31.6 Å². The highest BCUT2D eigenvalue weighted by Crippen LogP contribution is 2.33. The number of rotatable bonds is 4. The molecule has 6 nitrogen and oxygen atoms in total. The molecule has 1 aromatic heterocycles. The monoisotopic (exact) mass is 444 g/mol. The van der Waals surface area contributed by atoms with Gasteiger partial charge in [-0.1, -0.05) is 6.07 Å². The minimum atomic E-state index is -4.32. The van der Waals surface area contributed by atoms with Crippen LogP contribution in [0.2, 0.25) is 0 Å². The van der Waals surface area contributed by atoms with Gasteiger partial charge in [0.2, 0.25) is 5.95 Å². The summed E-state index contributed by atoms with van der Waals surface area (Å²) in [5, 5.41) is 0.492. The third-order valence-electron chi connectivity index (χ3n) is 4.55. The third kappa shape index (κ3) is 4.02. The zero-order chi connectivity index (χ0) is 22.3. The van der Waals surface area contributed by atoms with Crippen LogP contribution in [0, 0.1) is 24.4 Å². The van der Waals surface area contributed by atoms with Gasteiger partial charge in [0.15, 0.2) is 5.82 Å². The van der Waals surface area contributed by atoms with E-state index < -0.39 is 38.7 Å². The van der Waals surface area contributed by atoms with Gasteiger partial charge in [-0.15, -0.1) is 0 Å². The maximum Gasteiger partial charge on any atom is 0.262 e. The summed E-state index contributed by atoms with van der Waals surface area (Å²) in [6.07, 6.45) is 1.41. The lowest BCUT2D eigenvalue weighted by Gasteiger charge is -2.13. The molecule has 4 aromatic rings. The van der Waals surface area contributed by atoms with Crippen LogP contribution in [0.25, 0.3) is 22.0 Å². The maximum atomic E-state index is 15.2. The second-order valence-corrected chi connectivity index (χ2v) is 8.54. The standard InChI is InChI=1S/C21H15F3N4O2S/c1-11-6-14(22)9-15(7-11)31(29,30)28-18-5-3-16(23)19(20(18)24)12-2-4-17-13(8-12)10-26-21(25)27-17/h2-10,28H,1H3,(H2,25,26,27). The Labute approximate surface area is 175 Å². The summed E-state index contributed by atoms with van der Waals surface area (Å²) in [4.78, 5) is 7.50. The fourth-order valence-corrected chi connectivity index (χ4v) is 4.33. The van der Waals surface area contributed by atoms with Gasteiger partial charge in [-0.2, -0.15) is 0 Å². The Morgan fingerprint density at radius 1 is 1.00 bits per heavy atom. The highest BCUT2D eigenvalue weighted by molar-refractivity contribution is 7.92. The molecule has 0 spiro atoms. The van der Waals surface area contributed by atoms with Crippen molar-refractivity contribution < 1.29 is 21.6 Å². The average Bonchev–Trinajstić information content (AvgIpc) is 2.69. The lowest BCUT2D eigenvalue weighted by Crippen LogP contribution is -2.15. The molecule has 3 aromatic carbocycles. The molecule has 10 heteroatoms. The number of hydrogen-bond acceptors (Lipinski definition) is 5. The van der Waals surface area contributed by atoms with Crippen molar-refractivity contribution in [3.05, 3.63) is 77.7 Å². The second-order valence-electron chi connectivity index (χ2n) is 6.86. The number of nitrogens with zero attached hydrogens (tertiary/aromatic N) is 2. The molecule has 0 amide bonds. The van der Waals surface area contributed by atoms with Crippen LogP contribution < -0.4 is 10.5 Å². The minimum Gasteiger partial charge on any atom is -0.368 e. The summed E-state index contributed by atoms with van der Waals surface area (Å²) in [6, 6.07) is 9.53. The van der Waals surface area contributed by atoms with E-state index in [-0.39, 0.29) is 16.4 Å². The first-order chi connectivity index (χ1) is 14.6. The van der Waals surface area contributed by atoms with Crippen molar-refractivity contribution in [1.82, 2.24) is 9.97 Å². The van der Waals surface area contributed by atoms with Gasteiger partial charge in [-0.05, 0) is 60.5 Å². The van der Waals surface area contributed by atoms with Gasteiger partial charge in [0.25, 0.3) is 10.0 Å². The number of fused-ring (bicyclic) bond motifs is 1. The van der Waals surface area contributed by atoms with Crippen LogP contribution in [-0.4, -0.2) is 18.4 Å². The molecule has 0 fully saturated rings. The van der Waals surface area contributed by atoms with Crippen molar-refractivity contribution in [2.24, 2.45) is 0 Å². The lowest BCUT2D eigenvalue weighted by molar-refractivity contribution is 0.586. The van der Waals surface area contributed by atoms with Gasteiger partial charge in [0.1, 0.15) is 11.6 Å². The number of nitrogens with two attached hydrogens (primary N) is 1. The van der Waals surface area contributed by atoms with Crippen LogP contribution in [0.5, 0.6) is 0 Å². The molecule has 0 bridgehead atoms. The Morgan fingerprint density at radius 3 is 2.52 bits per heavy atom. The maximum absolute atomic E-state index is 15.2. The van der Waals surface area contributed by atoms with E-state index in [1.54, 1.807) is 0 Å². The summed E-state index contributed by atoms with van der Waals surface area (Å²) in [5.41, 5.74) is 5.63. The number of benzene rings is 3. The molecular weight excluding hydrogens is 429 g/mol. The van der Waals surface area contributed by atoms with Crippen LogP contribution in [0.3, 0.4) is 0 Å². The molecule has 0 aliphatic carbocycles. The van der Waals surface area contributed by atoms with Gasteiger partial charge in [-0.3, -0.25) is 4.72 Å². The van der Waals surface area contributed by atoms with Crippen molar-refractivity contribution in [3.63, 3.8) is 0 Å². The van der Waals surface area contributed by atoms with Crippen molar-refractivity contribution in [1.29, 1.82) is 0 Å². The highest BCUT2D eigenvalue weighted by atomic mass is 32.2. The molecule has 31 heavy (non-hydrogen) atoms. The summed E-state index contributed by atoms with van der Waals surface area (Å²) >= 11 is 0. The fraction of sp³-hybridized carbons (Fsp3) is 0.0476. The quantitative estimate of drug-likeness (QED) is 0.486. The van der Waals surface area contributed by atoms with Crippen molar-refractivity contribution in [2.45, 2.75) is 11.8 Å². The minimum absolute atomic E-state index is 0.0570. The van der Waals surface area contributed by atoms with E-state index in [1.165, 1.54) is 37.4 Å². The molecule has 1 heterocycles. The molecule has 4 rings (SSSR count). The second kappa shape index (κ2) is 7.55. The fourth-order valence-electron chi connectivity index (χ4n) is 3.16. The molecular formula is C21H15F3N4O2S. The molecule has 0 unspecified atom stereocenters. The Hall–Kier alpha value is -3.66. The summed E-state index contributed by atoms with van der Waals surface area (Å²) < 4.78 is 70.7. The third-order valence-corrected chi connectivity index (χ3v) is 5.89. The molecule has 0 radical (unpaired) electrons. The topological polar surface area (TPSA) is 98.0 Å². The molecule has 0 saturated carbocycles. The van der Waals surface area contributed by atoms with E-state index in [1.807, 2.05) is 0 Å². The number of nitrogen functional groups attached to an aromatic ring is 1. The first-order valence-electron chi connectivity index (χ1n) is 8.95. The smallest absolute Gasteiger partial charge is 0.262 e. The van der Waals surface area contributed by atoms with Crippen LogP contribution in [-0.2, 0) is 10.0 Å².